The van der Waals surface area contributed by atoms with Crippen molar-refractivity contribution >= 4 is 35.1 Å². The van der Waals surface area contributed by atoms with Crippen molar-refractivity contribution in [3.8, 4) is 5.75 Å². The van der Waals surface area contributed by atoms with Crippen LogP contribution in [0.2, 0.25) is 5.02 Å². The van der Waals surface area contributed by atoms with Crippen molar-refractivity contribution in [1.82, 2.24) is 15.1 Å². The molecule has 3 amide bonds. The van der Waals surface area contributed by atoms with Crippen LogP contribution in [-0.2, 0) is 4.79 Å². The molecule has 2 aliphatic rings. The SMILES string of the molecule is CC(C)Oc1cc([N+](=O)[O-])ccc1C1=N[C@@H](c2ccc(Cl)cc2)[C@@H](c2ccco2)N1C(=O)N1CCNC(=O)C1. The zero-order valence-electron chi connectivity index (χ0n) is 21.2. The molecule has 5 rings (SSSR count). The normalized spacial score (nSPS) is 19.2. The van der Waals surface area contributed by atoms with Crippen molar-refractivity contribution in [2.45, 2.75) is 32.0 Å². The molecule has 11 nitrogen and oxygen atoms in total. The van der Waals surface area contributed by atoms with Crippen LogP contribution in [0.5, 0.6) is 5.75 Å². The van der Waals surface area contributed by atoms with Crippen LogP contribution < -0.4 is 10.1 Å². The summed E-state index contributed by atoms with van der Waals surface area (Å²) >= 11 is 6.15. The minimum atomic E-state index is -0.712. The molecule has 202 valence electrons. The molecule has 2 aromatic carbocycles. The van der Waals surface area contributed by atoms with E-state index in [4.69, 9.17) is 25.7 Å². The maximum Gasteiger partial charge on any atom is 0.326 e. The van der Waals surface area contributed by atoms with E-state index < -0.39 is 23.0 Å². The standard InChI is InChI=1S/C27H26ClN5O6/c1-16(2)39-22-14-19(33(36)37)9-10-20(22)26-30-24(17-5-7-18(28)8-6-17)25(21-4-3-13-38-21)32(26)27(35)31-12-11-29-23(34)15-31/h3-10,13-14,16,24-25H,11-12,15H2,1-2H3,(H,29,34)/t24-,25+/m0/s1. The van der Waals surface area contributed by atoms with Gasteiger partial charge in [0.25, 0.3) is 5.69 Å². The molecule has 2 atom stereocenters. The number of piperazine rings is 1. The van der Waals surface area contributed by atoms with Crippen molar-refractivity contribution in [2.24, 2.45) is 4.99 Å². The Morgan fingerprint density at radius 1 is 1.23 bits per heavy atom. The van der Waals surface area contributed by atoms with Crippen LogP contribution in [0.25, 0.3) is 0 Å². The fourth-order valence-corrected chi connectivity index (χ4v) is 4.85. The quantitative estimate of drug-likeness (QED) is 0.348. The van der Waals surface area contributed by atoms with Gasteiger partial charge in [-0.25, -0.2) is 4.79 Å². The Morgan fingerprint density at radius 3 is 2.64 bits per heavy atom. The van der Waals surface area contributed by atoms with E-state index in [2.05, 4.69) is 5.32 Å². The number of nitrogens with zero attached hydrogens (tertiary/aromatic N) is 4. The van der Waals surface area contributed by atoms with Gasteiger partial charge in [0, 0.05) is 24.2 Å². The lowest BCUT2D eigenvalue weighted by Crippen LogP contribution is -2.55. The number of ether oxygens (including phenoxy) is 1. The number of amidine groups is 1. The average molecular weight is 552 g/mol. The fourth-order valence-electron chi connectivity index (χ4n) is 4.72. The average Bonchev–Trinajstić information content (AvgIpc) is 3.56. The Balaban J connectivity index is 1.70. The van der Waals surface area contributed by atoms with Gasteiger partial charge in [0.05, 0.1) is 28.9 Å². The lowest BCUT2D eigenvalue weighted by molar-refractivity contribution is -0.384. The molecule has 0 aliphatic carbocycles. The van der Waals surface area contributed by atoms with Crippen LogP contribution >= 0.6 is 11.6 Å². The number of benzene rings is 2. The Labute approximate surface area is 229 Å². The van der Waals surface area contributed by atoms with Crippen molar-refractivity contribution in [3.63, 3.8) is 0 Å². The first-order valence-electron chi connectivity index (χ1n) is 12.4. The van der Waals surface area contributed by atoms with Crippen LogP contribution in [0.1, 0.15) is 42.8 Å². The van der Waals surface area contributed by atoms with Crippen LogP contribution in [0, 0.1) is 10.1 Å². The third kappa shape index (κ3) is 5.30. The minimum Gasteiger partial charge on any atom is -0.490 e. The lowest BCUT2D eigenvalue weighted by atomic mass is 9.98. The van der Waals surface area contributed by atoms with Gasteiger partial charge in [0.15, 0.2) is 0 Å². The maximum atomic E-state index is 14.2. The number of rotatable bonds is 6. The molecular formula is C27H26ClN5O6. The number of nitro groups is 1. The molecule has 0 unspecified atom stereocenters. The van der Waals surface area contributed by atoms with Crippen molar-refractivity contribution in [1.29, 1.82) is 0 Å². The van der Waals surface area contributed by atoms with Crippen LogP contribution in [0.4, 0.5) is 10.5 Å². The number of nitrogens with one attached hydrogen (secondary N) is 1. The molecule has 3 aromatic rings. The Kier molecular flexibility index (Phi) is 7.25. The molecule has 1 N–H and O–H groups in total. The van der Waals surface area contributed by atoms with E-state index in [0.29, 0.717) is 29.4 Å². The second-order valence-corrected chi connectivity index (χ2v) is 9.87. The fraction of sp³-hybridized carbons (Fsp3) is 0.296. The highest BCUT2D eigenvalue weighted by Crippen LogP contribution is 2.45. The van der Waals surface area contributed by atoms with Gasteiger partial charge < -0.3 is 19.4 Å². The number of carbonyl (C=O) groups excluding carboxylic acids is 2. The number of furan rings is 1. The zero-order chi connectivity index (χ0) is 27.7. The first kappa shape index (κ1) is 26.2. The molecule has 1 aromatic heterocycles. The zero-order valence-corrected chi connectivity index (χ0v) is 22.0. The topological polar surface area (TPSA) is 131 Å². The number of non-ortho nitro benzene ring substituents is 1. The molecule has 0 bridgehead atoms. The number of carbonyl (C=O) groups is 2. The number of aliphatic imine (C=N–C) groups is 1. The van der Waals surface area contributed by atoms with E-state index in [-0.39, 0.29) is 35.8 Å². The summed E-state index contributed by atoms with van der Waals surface area (Å²) in [6, 6.07) is 13.1. The minimum absolute atomic E-state index is 0.116. The molecular weight excluding hydrogens is 526 g/mol. The smallest absolute Gasteiger partial charge is 0.326 e. The number of amides is 3. The third-order valence-electron chi connectivity index (χ3n) is 6.41. The molecule has 39 heavy (non-hydrogen) atoms. The third-order valence-corrected chi connectivity index (χ3v) is 6.66. The van der Waals surface area contributed by atoms with Gasteiger partial charge >= 0.3 is 6.03 Å². The van der Waals surface area contributed by atoms with Gasteiger partial charge in [-0.3, -0.25) is 24.8 Å². The van der Waals surface area contributed by atoms with Gasteiger partial charge in [-0.2, -0.15) is 0 Å². The maximum absolute atomic E-state index is 14.2. The summed E-state index contributed by atoms with van der Waals surface area (Å²) < 4.78 is 11.8. The molecule has 0 saturated carbocycles. The van der Waals surface area contributed by atoms with Gasteiger partial charge in [-0.15, -0.1) is 0 Å². The van der Waals surface area contributed by atoms with Crippen LogP contribution in [0.3, 0.4) is 0 Å². The van der Waals surface area contributed by atoms with E-state index in [1.165, 1.54) is 34.3 Å². The lowest BCUT2D eigenvalue weighted by Gasteiger charge is -2.34. The van der Waals surface area contributed by atoms with Crippen LogP contribution in [0.15, 0.2) is 70.3 Å². The van der Waals surface area contributed by atoms with E-state index in [0.717, 1.165) is 5.56 Å². The van der Waals surface area contributed by atoms with Crippen molar-refractivity contribution in [3.05, 3.63) is 92.9 Å². The van der Waals surface area contributed by atoms with Crippen molar-refractivity contribution in [2.75, 3.05) is 19.6 Å². The molecule has 1 fully saturated rings. The highest BCUT2D eigenvalue weighted by atomic mass is 35.5. The molecule has 3 heterocycles. The monoisotopic (exact) mass is 551 g/mol. The summed E-state index contributed by atoms with van der Waals surface area (Å²) in [6.07, 6.45) is 1.21. The van der Waals surface area contributed by atoms with E-state index in [1.54, 1.807) is 38.1 Å². The van der Waals surface area contributed by atoms with Crippen LogP contribution in [-0.4, -0.2) is 58.2 Å². The summed E-state index contributed by atoms with van der Waals surface area (Å²) in [5.41, 5.74) is 1.02. The first-order valence-corrected chi connectivity index (χ1v) is 12.8. The predicted octanol–water partition coefficient (Wildman–Crippen LogP) is 4.73. The first-order chi connectivity index (χ1) is 18.7. The van der Waals surface area contributed by atoms with Gasteiger partial charge in [-0.05, 0) is 49.7 Å². The molecule has 0 radical (unpaired) electrons. The summed E-state index contributed by atoms with van der Waals surface area (Å²) in [5, 5.41) is 14.8. The second kappa shape index (κ2) is 10.8. The number of hydrogen-bond donors (Lipinski definition) is 1. The van der Waals surface area contributed by atoms with E-state index >= 15 is 0 Å². The highest BCUT2D eigenvalue weighted by Gasteiger charge is 2.46. The molecule has 0 spiro atoms. The van der Waals surface area contributed by atoms with Crippen molar-refractivity contribution < 1.29 is 23.7 Å². The number of hydrogen-bond acceptors (Lipinski definition) is 7. The highest BCUT2D eigenvalue weighted by molar-refractivity contribution is 6.30. The van der Waals surface area contributed by atoms with Gasteiger partial charge in [-0.1, -0.05) is 23.7 Å². The molecule has 12 heteroatoms. The number of halogens is 1. The summed E-state index contributed by atoms with van der Waals surface area (Å²) in [5.74, 6) is 0.673. The predicted molar refractivity (Wildman–Crippen MR) is 143 cm³/mol. The number of urea groups is 1. The summed E-state index contributed by atoms with van der Waals surface area (Å²) in [6.45, 7) is 4.11. The van der Waals surface area contributed by atoms with Gasteiger partial charge in [0.2, 0.25) is 5.91 Å². The Morgan fingerprint density at radius 2 is 2.00 bits per heavy atom. The molecule has 1 saturated heterocycles. The van der Waals surface area contributed by atoms with E-state index in [9.17, 15) is 19.7 Å². The number of nitro benzene ring substituents is 1. The van der Waals surface area contributed by atoms with Gasteiger partial charge in [0.1, 0.15) is 36.0 Å². The largest absolute Gasteiger partial charge is 0.490 e. The van der Waals surface area contributed by atoms with E-state index in [1.807, 2.05) is 12.1 Å². The Bertz CT molecular complexity index is 1420. The Hall–Kier alpha value is -4.38. The second-order valence-electron chi connectivity index (χ2n) is 9.44. The molecule has 2 aliphatic heterocycles. The summed E-state index contributed by atoms with van der Waals surface area (Å²) in [7, 11) is 0. The summed E-state index contributed by atoms with van der Waals surface area (Å²) in [4.78, 5) is 45.3.